The van der Waals surface area contributed by atoms with E-state index < -0.39 is 0 Å². The first-order valence-corrected chi connectivity index (χ1v) is 9.89. The number of hydrogen-bond acceptors (Lipinski definition) is 4. The molecular weight excluding hydrogens is 345 g/mol. The van der Waals surface area contributed by atoms with E-state index in [0.29, 0.717) is 18.3 Å². The molecule has 1 aromatic carbocycles. The number of likely N-dealkylation sites (tertiary alicyclic amines) is 1. The Hall–Kier alpha value is -1.86. The average molecular weight is 378 g/mol. The largest absolute Gasteiger partial charge is 0.379 e. The fraction of sp³-hybridized carbons (Fsp3) is 0.650. The molecular formula is C20H32FN5O. The van der Waals surface area contributed by atoms with E-state index in [9.17, 15) is 4.39 Å². The van der Waals surface area contributed by atoms with Crippen LogP contribution in [-0.2, 0) is 11.3 Å². The van der Waals surface area contributed by atoms with Crippen molar-refractivity contribution in [2.45, 2.75) is 25.9 Å². The van der Waals surface area contributed by atoms with Crippen LogP contribution in [0.15, 0.2) is 23.2 Å². The van der Waals surface area contributed by atoms with Crippen molar-refractivity contribution in [1.29, 1.82) is 0 Å². The fourth-order valence-corrected chi connectivity index (χ4v) is 3.78. The minimum atomic E-state index is -0.203. The molecule has 7 heteroatoms. The fourth-order valence-electron chi connectivity index (χ4n) is 3.78. The van der Waals surface area contributed by atoms with Gasteiger partial charge in [-0.3, -0.25) is 4.90 Å². The van der Waals surface area contributed by atoms with Crippen LogP contribution < -0.4 is 10.2 Å². The Labute approximate surface area is 162 Å². The lowest BCUT2D eigenvalue weighted by atomic mass is 10.2. The van der Waals surface area contributed by atoms with Crippen LogP contribution in [0.3, 0.4) is 0 Å². The first-order chi connectivity index (χ1) is 13.1. The second kappa shape index (κ2) is 9.37. The summed E-state index contributed by atoms with van der Waals surface area (Å²) in [5.74, 6) is 0.719. The topological polar surface area (TPSA) is 43.3 Å². The molecule has 2 fully saturated rings. The van der Waals surface area contributed by atoms with Gasteiger partial charge in [0.25, 0.3) is 0 Å². The zero-order chi connectivity index (χ0) is 19.2. The maximum atomic E-state index is 14.2. The van der Waals surface area contributed by atoms with E-state index >= 15 is 0 Å². The quantitative estimate of drug-likeness (QED) is 0.626. The second-order valence-electron chi connectivity index (χ2n) is 7.39. The molecule has 1 unspecified atom stereocenters. The van der Waals surface area contributed by atoms with E-state index in [-0.39, 0.29) is 5.82 Å². The first-order valence-electron chi connectivity index (χ1n) is 9.89. The summed E-state index contributed by atoms with van der Waals surface area (Å²) in [4.78, 5) is 11.4. The van der Waals surface area contributed by atoms with Crippen molar-refractivity contribution in [2.75, 3.05) is 64.9 Å². The van der Waals surface area contributed by atoms with Crippen LogP contribution in [0.4, 0.5) is 10.1 Å². The normalized spacial score (nSPS) is 21.6. The SMILES string of the molecule is CCNC(=NCc1ccc(N(C)C)c(F)c1)N1CCC(N2CCOCC2)C1. The Kier molecular flexibility index (Phi) is 6.90. The minimum absolute atomic E-state index is 0.203. The van der Waals surface area contributed by atoms with E-state index in [1.807, 2.05) is 26.2 Å². The predicted octanol–water partition coefficient (Wildman–Crippen LogP) is 1.76. The van der Waals surface area contributed by atoms with E-state index in [0.717, 1.165) is 63.9 Å². The maximum Gasteiger partial charge on any atom is 0.194 e. The van der Waals surface area contributed by atoms with Crippen molar-refractivity contribution in [3.05, 3.63) is 29.6 Å². The summed E-state index contributed by atoms with van der Waals surface area (Å²) in [6.07, 6.45) is 1.15. The number of benzene rings is 1. The third kappa shape index (κ3) is 5.11. The Balaban J connectivity index is 1.63. The number of anilines is 1. The Morgan fingerprint density at radius 1 is 1.30 bits per heavy atom. The lowest BCUT2D eigenvalue weighted by Crippen LogP contribution is -2.46. The molecule has 2 heterocycles. The summed E-state index contributed by atoms with van der Waals surface area (Å²) in [6.45, 7) is 9.07. The van der Waals surface area contributed by atoms with Gasteiger partial charge in [-0.25, -0.2) is 9.38 Å². The third-order valence-corrected chi connectivity index (χ3v) is 5.27. The molecule has 0 radical (unpaired) electrons. The summed E-state index contributed by atoms with van der Waals surface area (Å²) in [7, 11) is 3.69. The summed E-state index contributed by atoms with van der Waals surface area (Å²) in [5.41, 5.74) is 1.49. The lowest BCUT2D eigenvalue weighted by molar-refractivity contribution is 0.0195. The molecule has 2 aliphatic rings. The predicted molar refractivity (Wildman–Crippen MR) is 108 cm³/mol. The van der Waals surface area contributed by atoms with Gasteiger partial charge >= 0.3 is 0 Å². The average Bonchev–Trinajstić information content (AvgIpc) is 3.15. The third-order valence-electron chi connectivity index (χ3n) is 5.27. The number of nitrogens with zero attached hydrogens (tertiary/aromatic N) is 4. The Morgan fingerprint density at radius 2 is 2.07 bits per heavy atom. The van der Waals surface area contributed by atoms with Gasteiger partial charge in [0.2, 0.25) is 0 Å². The van der Waals surface area contributed by atoms with Crippen molar-refractivity contribution >= 4 is 11.6 Å². The number of hydrogen-bond donors (Lipinski definition) is 1. The molecule has 1 N–H and O–H groups in total. The highest BCUT2D eigenvalue weighted by Gasteiger charge is 2.30. The van der Waals surface area contributed by atoms with E-state index in [4.69, 9.17) is 9.73 Å². The Morgan fingerprint density at radius 3 is 2.74 bits per heavy atom. The highest BCUT2D eigenvalue weighted by molar-refractivity contribution is 5.80. The van der Waals surface area contributed by atoms with E-state index in [1.165, 1.54) is 0 Å². The molecule has 150 valence electrons. The lowest BCUT2D eigenvalue weighted by Gasteiger charge is -2.32. The van der Waals surface area contributed by atoms with Gasteiger partial charge in [-0.05, 0) is 31.0 Å². The number of nitrogens with one attached hydrogen (secondary N) is 1. The van der Waals surface area contributed by atoms with Gasteiger partial charge in [-0.1, -0.05) is 6.07 Å². The van der Waals surface area contributed by atoms with E-state index in [1.54, 1.807) is 11.0 Å². The minimum Gasteiger partial charge on any atom is -0.379 e. The number of rotatable bonds is 5. The molecule has 27 heavy (non-hydrogen) atoms. The van der Waals surface area contributed by atoms with Gasteiger partial charge < -0.3 is 19.9 Å². The van der Waals surface area contributed by atoms with Gasteiger partial charge in [0.05, 0.1) is 25.4 Å². The first kappa shape index (κ1) is 19.9. The smallest absolute Gasteiger partial charge is 0.194 e. The molecule has 0 amide bonds. The number of halogens is 1. The number of guanidine groups is 1. The molecule has 0 spiro atoms. The van der Waals surface area contributed by atoms with Crippen LogP contribution in [-0.4, -0.2) is 81.8 Å². The Bertz CT molecular complexity index is 645. The van der Waals surface area contributed by atoms with Crippen LogP contribution in [0, 0.1) is 5.82 Å². The molecule has 0 aromatic heterocycles. The van der Waals surface area contributed by atoms with Crippen molar-refractivity contribution in [1.82, 2.24) is 15.1 Å². The van der Waals surface area contributed by atoms with Crippen LogP contribution in [0.25, 0.3) is 0 Å². The number of aliphatic imine (C=N–C) groups is 1. The van der Waals surface area contributed by atoms with Gasteiger partial charge in [-0.15, -0.1) is 0 Å². The van der Waals surface area contributed by atoms with E-state index in [2.05, 4.69) is 22.0 Å². The van der Waals surface area contributed by atoms with Crippen LogP contribution in [0.2, 0.25) is 0 Å². The number of morpholine rings is 1. The van der Waals surface area contributed by atoms with Gasteiger partial charge in [0.1, 0.15) is 5.82 Å². The summed E-state index contributed by atoms with van der Waals surface area (Å²) in [5, 5.41) is 3.39. The maximum absolute atomic E-state index is 14.2. The van der Waals surface area contributed by atoms with Crippen LogP contribution >= 0.6 is 0 Å². The molecule has 1 atom stereocenters. The molecule has 0 saturated carbocycles. The van der Waals surface area contributed by atoms with Gasteiger partial charge in [-0.2, -0.15) is 0 Å². The van der Waals surface area contributed by atoms with Crippen molar-refractivity contribution < 1.29 is 9.13 Å². The monoisotopic (exact) mass is 377 g/mol. The molecule has 2 saturated heterocycles. The molecule has 2 aliphatic heterocycles. The van der Waals surface area contributed by atoms with Crippen molar-refractivity contribution in [3.8, 4) is 0 Å². The van der Waals surface area contributed by atoms with Gasteiger partial charge in [0.15, 0.2) is 5.96 Å². The summed E-state index contributed by atoms with van der Waals surface area (Å²) >= 11 is 0. The van der Waals surface area contributed by atoms with Gasteiger partial charge in [0, 0.05) is 52.9 Å². The molecule has 1 aromatic rings. The molecule has 3 rings (SSSR count). The second-order valence-corrected chi connectivity index (χ2v) is 7.39. The van der Waals surface area contributed by atoms with Crippen molar-refractivity contribution in [2.24, 2.45) is 4.99 Å². The van der Waals surface area contributed by atoms with Crippen LogP contribution in [0.1, 0.15) is 18.9 Å². The van der Waals surface area contributed by atoms with Crippen LogP contribution in [0.5, 0.6) is 0 Å². The zero-order valence-electron chi connectivity index (χ0n) is 16.7. The standard InChI is InChI=1S/C20H32FN5O/c1-4-22-20(23-14-16-5-6-19(24(2)3)18(21)13-16)26-8-7-17(15-26)25-9-11-27-12-10-25/h5-6,13,17H,4,7-12,14-15H2,1-3H3,(H,22,23). The highest BCUT2D eigenvalue weighted by atomic mass is 19.1. The molecule has 0 bridgehead atoms. The summed E-state index contributed by atoms with van der Waals surface area (Å²) < 4.78 is 19.7. The number of ether oxygens (including phenoxy) is 1. The summed E-state index contributed by atoms with van der Waals surface area (Å²) in [6, 6.07) is 5.92. The van der Waals surface area contributed by atoms with Crippen molar-refractivity contribution in [3.63, 3.8) is 0 Å². The molecule has 6 nitrogen and oxygen atoms in total. The zero-order valence-corrected chi connectivity index (χ0v) is 16.7. The molecule has 0 aliphatic carbocycles. The highest BCUT2D eigenvalue weighted by Crippen LogP contribution is 2.20.